The lowest BCUT2D eigenvalue weighted by Crippen LogP contribution is -2.21. The van der Waals surface area contributed by atoms with Crippen LogP contribution in [0.1, 0.15) is 27.2 Å². The zero-order valence-electron chi connectivity index (χ0n) is 15.1. The summed E-state index contributed by atoms with van der Waals surface area (Å²) in [7, 11) is 0. The molecule has 1 heterocycles. The van der Waals surface area contributed by atoms with Crippen LogP contribution in [0, 0.1) is 0 Å². The fourth-order valence-corrected chi connectivity index (χ4v) is 2.86. The molecular weight excluding hydrogens is 418 g/mol. The Labute approximate surface area is 165 Å². The molecule has 0 unspecified atom stereocenters. The van der Waals surface area contributed by atoms with Crippen LogP contribution in [0.5, 0.6) is 5.75 Å². The van der Waals surface area contributed by atoms with E-state index in [1.165, 1.54) is 12.1 Å². The van der Waals surface area contributed by atoms with Crippen molar-refractivity contribution in [3.63, 3.8) is 0 Å². The largest absolute Gasteiger partial charge is 0.483 e. The van der Waals surface area contributed by atoms with E-state index >= 15 is 0 Å². The summed E-state index contributed by atoms with van der Waals surface area (Å²) in [5.74, 6) is -2.34. The Bertz CT molecular complexity index is 1070. The van der Waals surface area contributed by atoms with Crippen LogP contribution in [-0.2, 0) is 19.0 Å². The Morgan fingerprint density at radius 3 is 2.17 bits per heavy atom. The summed E-state index contributed by atoms with van der Waals surface area (Å²) in [5, 5.41) is 9.52. The van der Waals surface area contributed by atoms with Crippen molar-refractivity contribution in [1.82, 2.24) is 0 Å². The highest BCUT2D eigenvalue weighted by Gasteiger charge is 2.36. The first-order valence-electron chi connectivity index (χ1n) is 8.58. The molecule has 2 aromatic carbocycles. The van der Waals surface area contributed by atoms with E-state index < -0.39 is 36.2 Å². The number of halogens is 6. The van der Waals surface area contributed by atoms with E-state index in [4.69, 9.17) is 9.52 Å². The van der Waals surface area contributed by atoms with Crippen molar-refractivity contribution >= 4 is 16.9 Å². The summed E-state index contributed by atoms with van der Waals surface area (Å²) in [6.45, 7) is -1.82. The smallest absolute Gasteiger partial charge is 0.422 e. The second-order valence-electron chi connectivity index (χ2n) is 6.52. The molecule has 0 aliphatic heterocycles. The first-order valence-corrected chi connectivity index (χ1v) is 8.58. The van der Waals surface area contributed by atoms with Crippen LogP contribution in [0.3, 0.4) is 0 Å². The van der Waals surface area contributed by atoms with Crippen LogP contribution in [-0.4, -0.2) is 23.9 Å². The van der Waals surface area contributed by atoms with Crippen molar-refractivity contribution < 1.29 is 45.4 Å². The number of hydrogen-bond acceptors (Lipinski definition) is 3. The minimum absolute atomic E-state index is 0.167. The highest BCUT2D eigenvalue weighted by atomic mass is 19.4. The number of aryl methyl sites for hydroxylation is 2. The zero-order chi connectivity index (χ0) is 22.1. The number of carboxylic acid groups (broad SMARTS) is 1. The molecule has 1 N–H and O–H groups in total. The molecule has 3 rings (SSSR count). The third-order valence-electron chi connectivity index (χ3n) is 4.24. The summed E-state index contributed by atoms with van der Waals surface area (Å²) in [5.41, 5.74) is 0.000752. The second kappa shape index (κ2) is 7.92. The maximum Gasteiger partial charge on any atom is 0.422 e. The van der Waals surface area contributed by atoms with Gasteiger partial charge in [-0.05, 0) is 48.2 Å². The lowest BCUT2D eigenvalue weighted by molar-refractivity contribution is -0.158. The number of ether oxygens (including phenoxy) is 1. The van der Waals surface area contributed by atoms with E-state index in [2.05, 4.69) is 4.74 Å². The van der Waals surface area contributed by atoms with Crippen LogP contribution < -0.4 is 4.74 Å². The number of carbonyl (C=O) groups is 1. The molecular formula is C20H14F6O4. The zero-order valence-corrected chi connectivity index (χ0v) is 15.1. The molecule has 0 amide bonds. The number of aromatic carboxylic acids is 1. The molecule has 10 heteroatoms. The molecule has 30 heavy (non-hydrogen) atoms. The third-order valence-corrected chi connectivity index (χ3v) is 4.24. The van der Waals surface area contributed by atoms with Gasteiger partial charge in [-0.1, -0.05) is 18.2 Å². The van der Waals surface area contributed by atoms with Crippen LogP contribution in [0.4, 0.5) is 26.3 Å². The monoisotopic (exact) mass is 432 g/mol. The van der Waals surface area contributed by atoms with Gasteiger partial charge in [-0.15, -0.1) is 0 Å². The van der Waals surface area contributed by atoms with Gasteiger partial charge in [0.05, 0.1) is 5.56 Å². The van der Waals surface area contributed by atoms with Crippen LogP contribution in [0.2, 0.25) is 0 Å². The van der Waals surface area contributed by atoms with E-state index in [1.54, 1.807) is 18.2 Å². The normalized spacial score (nSPS) is 12.3. The van der Waals surface area contributed by atoms with Gasteiger partial charge >= 0.3 is 18.3 Å². The molecule has 1 aromatic heterocycles. The van der Waals surface area contributed by atoms with Crippen molar-refractivity contribution in [2.24, 2.45) is 0 Å². The fourth-order valence-electron chi connectivity index (χ4n) is 2.86. The maximum absolute atomic E-state index is 13.2. The van der Waals surface area contributed by atoms with Gasteiger partial charge in [0.15, 0.2) is 6.61 Å². The predicted molar refractivity (Wildman–Crippen MR) is 93.6 cm³/mol. The number of carboxylic acids is 1. The summed E-state index contributed by atoms with van der Waals surface area (Å²) < 4.78 is 86.0. The van der Waals surface area contributed by atoms with Gasteiger partial charge < -0.3 is 14.3 Å². The molecule has 160 valence electrons. The molecule has 0 aliphatic rings. The van der Waals surface area contributed by atoms with Gasteiger partial charge in [0.2, 0.25) is 5.76 Å². The highest BCUT2D eigenvalue weighted by Crippen LogP contribution is 2.37. The molecule has 0 saturated carbocycles. The SMILES string of the molecule is O=C(O)c1cc2ccc(CCc3ccc(OCC(F)(F)F)c(C(F)(F)F)c3)cc2o1. The minimum Gasteiger partial charge on any atom is -0.483 e. The Morgan fingerprint density at radius 2 is 1.57 bits per heavy atom. The van der Waals surface area contributed by atoms with E-state index in [0.29, 0.717) is 23.0 Å². The molecule has 0 aliphatic carbocycles. The molecule has 0 saturated heterocycles. The average molecular weight is 432 g/mol. The van der Waals surface area contributed by atoms with Gasteiger partial charge in [-0.3, -0.25) is 0 Å². The quantitative estimate of drug-likeness (QED) is 0.495. The van der Waals surface area contributed by atoms with E-state index in [-0.39, 0.29) is 17.7 Å². The standard InChI is InChI=1S/C20H14F6O4/c21-19(22,23)10-29-15-6-4-11(7-14(15)20(24,25)26)1-2-12-3-5-13-9-17(18(27)28)30-16(13)8-12/h3-9H,1-2,10H2,(H,27,28). The Morgan fingerprint density at radius 1 is 0.933 bits per heavy atom. The number of fused-ring (bicyclic) bond motifs is 1. The van der Waals surface area contributed by atoms with Crippen LogP contribution in [0.15, 0.2) is 46.9 Å². The van der Waals surface area contributed by atoms with Gasteiger partial charge in [0.1, 0.15) is 11.3 Å². The minimum atomic E-state index is -4.88. The van der Waals surface area contributed by atoms with Crippen molar-refractivity contribution in [2.45, 2.75) is 25.2 Å². The highest BCUT2D eigenvalue weighted by molar-refractivity contribution is 5.91. The van der Waals surface area contributed by atoms with Crippen molar-refractivity contribution in [2.75, 3.05) is 6.61 Å². The summed E-state index contributed by atoms with van der Waals surface area (Å²) >= 11 is 0. The number of rotatable bonds is 6. The molecule has 0 spiro atoms. The van der Waals surface area contributed by atoms with Gasteiger partial charge in [0.25, 0.3) is 0 Å². The maximum atomic E-state index is 13.2. The van der Waals surface area contributed by atoms with Crippen molar-refractivity contribution in [3.8, 4) is 5.75 Å². The van der Waals surface area contributed by atoms with E-state index in [1.807, 2.05) is 0 Å². The topological polar surface area (TPSA) is 59.7 Å². The molecule has 0 bridgehead atoms. The third kappa shape index (κ3) is 5.25. The lowest BCUT2D eigenvalue weighted by atomic mass is 10.0. The second-order valence-corrected chi connectivity index (χ2v) is 6.52. The van der Waals surface area contributed by atoms with E-state index in [9.17, 15) is 31.1 Å². The number of alkyl halides is 6. The van der Waals surface area contributed by atoms with Gasteiger partial charge in [0, 0.05) is 5.39 Å². The summed E-state index contributed by atoms with van der Waals surface area (Å²) in [6.07, 6.45) is -9.16. The number of furan rings is 1. The number of hydrogen-bond donors (Lipinski definition) is 1. The first-order chi connectivity index (χ1) is 13.9. The van der Waals surface area contributed by atoms with Crippen molar-refractivity contribution in [3.05, 3.63) is 64.9 Å². The van der Waals surface area contributed by atoms with Gasteiger partial charge in [-0.2, -0.15) is 26.3 Å². The molecule has 4 nitrogen and oxygen atoms in total. The molecule has 3 aromatic rings. The van der Waals surface area contributed by atoms with Gasteiger partial charge in [-0.25, -0.2) is 4.79 Å². The Kier molecular flexibility index (Phi) is 5.69. The first kappa shape index (κ1) is 21.5. The summed E-state index contributed by atoms with van der Waals surface area (Å²) in [4.78, 5) is 10.9. The average Bonchev–Trinajstić information content (AvgIpc) is 3.07. The number of benzene rings is 2. The molecule has 0 radical (unpaired) electrons. The molecule has 0 fully saturated rings. The molecule has 0 atom stereocenters. The fraction of sp³-hybridized carbons (Fsp3) is 0.250. The predicted octanol–water partition coefficient (Wildman–Crippen LogP) is 5.88. The lowest BCUT2D eigenvalue weighted by Gasteiger charge is -2.16. The van der Waals surface area contributed by atoms with Crippen LogP contribution >= 0.6 is 0 Å². The Hall–Kier alpha value is -3.17. The summed E-state index contributed by atoms with van der Waals surface area (Å²) in [6, 6.07) is 9.18. The Balaban J connectivity index is 1.77. The van der Waals surface area contributed by atoms with Crippen LogP contribution in [0.25, 0.3) is 11.0 Å². The van der Waals surface area contributed by atoms with Crippen molar-refractivity contribution in [1.29, 1.82) is 0 Å². The van der Waals surface area contributed by atoms with E-state index in [0.717, 1.165) is 12.1 Å².